The molecule has 0 spiro atoms. The van der Waals surface area contributed by atoms with Gasteiger partial charge >= 0.3 is 0 Å². The van der Waals surface area contributed by atoms with E-state index in [2.05, 4.69) is 0 Å². The molecular formula is C9H11ClO. The molecule has 1 N–H and O–H groups in total. The zero-order valence-electron chi connectivity index (χ0n) is 6.20. The van der Waals surface area contributed by atoms with E-state index in [9.17, 15) is 5.11 Å². The topological polar surface area (TPSA) is 20.2 Å². The molecular weight excluding hydrogens is 160 g/mol. The molecule has 1 atom stereocenters. The van der Waals surface area contributed by atoms with Gasteiger partial charge in [0.25, 0.3) is 0 Å². The maximum Gasteiger partial charge on any atom is 0.0801 e. The summed E-state index contributed by atoms with van der Waals surface area (Å²) in [5.41, 5.74) is 0.938. The fourth-order valence-corrected chi connectivity index (χ4v) is 1.15. The molecule has 0 aliphatic heterocycles. The Morgan fingerprint density at radius 1 is 1.27 bits per heavy atom. The number of alkyl halides is 1. The third-order valence-electron chi connectivity index (χ3n) is 1.57. The molecule has 2 heteroatoms. The second-order valence-electron chi connectivity index (χ2n) is 2.40. The Hall–Kier alpha value is -0.530. The van der Waals surface area contributed by atoms with Gasteiger partial charge in [-0.05, 0) is 12.0 Å². The third-order valence-corrected chi connectivity index (χ3v) is 1.79. The number of benzene rings is 1. The van der Waals surface area contributed by atoms with Crippen LogP contribution < -0.4 is 0 Å². The molecule has 1 aromatic rings. The van der Waals surface area contributed by atoms with Gasteiger partial charge in [0, 0.05) is 5.88 Å². The molecule has 11 heavy (non-hydrogen) atoms. The van der Waals surface area contributed by atoms with E-state index in [1.54, 1.807) is 0 Å². The molecule has 0 aromatic heterocycles. The summed E-state index contributed by atoms with van der Waals surface area (Å²) in [6.07, 6.45) is 0.208. The zero-order chi connectivity index (χ0) is 8.10. The van der Waals surface area contributed by atoms with Crippen molar-refractivity contribution in [2.45, 2.75) is 12.5 Å². The van der Waals surface area contributed by atoms with Crippen molar-refractivity contribution >= 4 is 11.6 Å². The highest BCUT2D eigenvalue weighted by atomic mass is 35.5. The number of rotatable bonds is 3. The van der Waals surface area contributed by atoms with Crippen molar-refractivity contribution in [1.29, 1.82) is 0 Å². The van der Waals surface area contributed by atoms with Crippen molar-refractivity contribution in [2.75, 3.05) is 5.88 Å². The largest absolute Gasteiger partial charge is 0.388 e. The number of hydrogen-bond acceptors (Lipinski definition) is 1. The summed E-state index contributed by atoms with van der Waals surface area (Å²) in [4.78, 5) is 0. The first kappa shape index (κ1) is 8.57. The van der Waals surface area contributed by atoms with Crippen LogP contribution in [0.25, 0.3) is 0 Å². The van der Waals surface area contributed by atoms with E-state index in [-0.39, 0.29) is 0 Å². The highest BCUT2D eigenvalue weighted by Gasteiger charge is 2.03. The average Bonchev–Trinajstić information content (AvgIpc) is 2.07. The zero-order valence-corrected chi connectivity index (χ0v) is 6.96. The lowest BCUT2D eigenvalue weighted by atomic mass is 10.1. The highest BCUT2D eigenvalue weighted by Crippen LogP contribution is 2.15. The van der Waals surface area contributed by atoms with Gasteiger partial charge in [0.15, 0.2) is 0 Å². The summed E-state index contributed by atoms with van der Waals surface area (Å²) in [7, 11) is 0. The lowest BCUT2D eigenvalue weighted by Crippen LogP contribution is -1.96. The molecule has 0 fully saturated rings. The highest BCUT2D eigenvalue weighted by molar-refractivity contribution is 6.17. The van der Waals surface area contributed by atoms with Crippen LogP contribution in [-0.2, 0) is 0 Å². The minimum atomic E-state index is -0.409. The third kappa shape index (κ3) is 2.52. The van der Waals surface area contributed by atoms with Crippen LogP contribution in [0.2, 0.25) is 0 Å². The normalized spacial score (nSPS) is 12.9. The first-order valence-corrected chi connectivity index (χ1v) is 4.17. The molecule has 0 aliphatic carbocycles. The Morgan fingerprint density at radius 2 is 1.91 bits per heavy atom. The van der Waals surface area contributed by atoms with E-state index >= 15 is 0 Å². The van der Waals surface area contributed by atoms with Gasteiger partial charge in [-0.1, -0.05) is 30.3 Å². The Kier molecular flexibility index (Phi) is 3.40. The first-order valence-electron chi connectivity index (χ1n) is 3.63. The van der Waals surface area contributed by atoms with Gasteiger partial charge in [0.1, 0.15) is 0 Å². The Balaban J connectivity index is 2.61. The Bertz CT molecular complexity index is 198. The molecule has 0 radical (unpaired) electrons. The van der Waals surface area contributed by atoms with Crippen LogP contribution in [-0.4, -0.2) is 11.0 Å². The van der Waals surface area contributed by atoms with Crippen LogP contribution in [0.15, 0.2) is 30.3 Å². The second kappa shape index (κ2) is 4.37. The van der Waals surface area contributed by atoms with Crippen molar-refractivity contribution in [3.05, 3.63) is 35.9 Å². The molecule has 0 heterocycles. The standard InChI is InChI=1S/C9H11ClO/c10-7-6-9(11)8-4-2-1-3-5-8/h1-5,9,11H,6-7H2. The molecule has 0 saturated carbocycles. The SMILES string of the molecule is OC(CCCl)c1ccccc1. The van der Waals surface area contributed by atoms with Crippen LogP contribution in [0.1, 0.15) is 18.1 Å². The van der Waals surface area contributed by atoms with Crippen molar-refractivity contribution < 1.29 is 5.11 Å². The van der Waals surface area contributed by atoms with E-state index in [4.69, 9.17) is 11.6 Å². The fraction of sp³-hybridized carbons (Fsp3) is 0.333. The second-order valence-corrected chi connectivity index (χ2v) is 2.78. The van der Waals surface area contributed by atoms with Crippen molar-refractivity contribution in [3.8, 4) is 0 Å². The van der Waals surface area contributed by atoms with Gasteiger partial charge in [-0.3, -0.25) is 0 Å². The quantitative estimate of drug-likeness (QED) is 0.691. The summed E-state index contributed by atoms with van der Waals surface area (Å²) in [5.74, 6) is 0.496. The van der Waals surface area contributed by atoms with Crippen molar-refractivity contribution in [2.24, 2.45) is 0 Å². The van der Waals surface area contributed by atoms with Crippen molar-refractivity contribution in [3.63, 3.8) is 0 Å². The fourth-order valence-electron chi connectivity index (χ4n) is 0.945. The van der Waals surface area contributed by atoms with Crippen LogP contribution in [0.3, 0.4) is 0 Å². The van der Waals surface area contributed by atoms with Crippen LogP contribution in [0, 0.1) is 0 Å². The molecule has 60 valence electrons. The van der Waals surface area contributed by atoms with E-state index in [0.717, 1.165) is 5.56 Å². The van der Waals surface area contributed by atoms with Crippen molar-refractivity contribution in [1.82, 2.24) is 0 Å². The maximum absolute atomic E-state index is 9.44. The number of aliphatic hydroxyl groups excluding tert-OH is 1. The first-order chi connectivity index (χ1) is 5.34. The molecule has 0 bridgehead atoms. The predicted octanol–water partition coefficient (Wildman–Crippen LogP) is 2.35. The number of aliphatic hydroxyl groups is 1. The lowest BCUT2D eigenvalue weighted by Gasteiger charge is -2.07. The van der Waals surface area contributed by atoms with Gasteiger partial charge in [0.2, 0.25) is 0 Å². The minimum Gasteiger partial charge on any atom is -0.388 e. The summed E-state index contributed by atoms with van der Waals surface area (Å²) in [6, 6.07) is 9.55. The molecule has 1 aromatic carbocycles. The lowest BCUT2D eigenvalue weighted by molar-refractivity contribution is 0.174. The van der Waals surface area contributed by atoms with Gasteiger partial charge in [0.05, 0.1) is 6.10 Å². The molecule has 0 aliphatic rings. The summed E-state index contributed by atoms with van der Waals surface area (Å²) in [6.45, 7) is 0. The van der Waals surface area contributed by atoms with Gasteiger partial charge in [-0.25, -0.2) is 0 Å². The maximum atomic E-state index is 9.44. The van der Waals surface area contributed by atoms with Gasteiger partial charge in [-0.15, -0.1) is 11.6 Å². The molecule has 1 nitrogen and oxygen atoms in total. The smallest absolute Gasteiger partial charge is 0.0801 e. The van der Waals surface area contributed by atoms with Crippen LogP contribution in [0.5, 0.6) is 0 Å². The summed E-state index contributed by atoms with van der Waals surface area (Å²) >= 11 is 5.49. The molecule has 1 unspecified atom stereocenters. The van der Waals surface area contributed by atoms with Crippen LogP contribution >= 0.6 is 11.6 Å². The van der Waals surface area contributed by atoms with Gasteiger partial charge < -0.3 is 5.11 Å². The molecule has 0 saturated heterocycles. The van der Waals surface area contributed by atoms with Gasteiger partial charge in [-0.2, -0.15) is 0 Å². The number of halogens is 1. The van der Waals surface area contributed by atoms with E-state index < -0.39 is 6.10 Å². The average molecular weight is 171 g/mol. The predicted molar refractivity (Wildman–Crippen MR) is 46.7 cm³/mol. The van der Waals surface area contributed by atoms with Crippen LogP contribution in [0.4, 0.5) is 0 Å². The molecule has 1 rings (SSSR count). The van der Waals surface area contributed by atoms with E-state index in [1.807, 2.05) is 30.3 Å². The Labute approximate surface area is 71.6 Å². The summed E-state index contributed by atoms with van der Waals surface area (Å²) < 4.78 is 0. The minimum absolute atomic E-state index is 0.409. The molecule has 0 amide bonds. The monoisotopic (exact) mass is 170 g/mol. The Morgan fingerprint density at radius 3 is 2.45 bits per heavy atom. The van der Waals surface area contributed by atoms with E-state index in [0.29, 0.717) is 12.3 Å². The number of hydrogen-bond donors (Lipinski definition) is 1. The summed E-state index contributed by atoms with van der Waals surface area (Å²) in [5, 5.41) is 9.44. The van der Waals surface area contributed by atoms with E-state index in [1.165, 1.54) is 0 Å².